The van der Waals surface area contributed by atoms with E-state index in [0.29, 0.717) is 0 Å². The van der Waals surface area contributed by atoms with Crippen molar-refractivity contribution in [2.45, 2.75) is 52.4 Å². The number of aliphatic carboxylic acids is 1. The first-order chi connectivity index (χ1) is 11.2. The van der Waals surface area contributed by atoms with Crippen LogP contribution < -0.4 is 10.1 Å². The second kappa shape index (κ2) is 8.68. The van der Waals surface area contributed by atoms with Crippen molar-refractivity contribution in [1.29, 1.82) is 0 Å². The third-order valence-corrected chi connectivity index (χ3v) is 4.20. The molecule has 0 radical (unpaired) electrons. The summed E-state index contributed by atoms with van der Waals surface area (Å²) in [7, 11) is 1.59. The third kappa shape index (κ3) is 5.85. The molecular weight excluding hydrogens is 310 g/mol. The van der Waals surface area contributed by atoms with Crippen molar-refractivity contribution >= 4 is 11.9 Å². The van der Waals surface area contributed by atoms with Gasteiger partial charge in [0.15, 0.2) is 0 Å². The summed E-state index contributed by atoms with van der Waals surface area (Å²) in [6, 6.07) is 7.41. The molecule has 0 fully saturated rings. The molecule has 2 unspecified atom stereocenters. The van der Waals surface area contributed by atoms with Crippen LogP contribution in [-0.2, 0) is 20.9 Å². The summed E-state index contributed by atoms with van der Waals surface area (Å²) in [6.45, 7) is 7.41. The Hall–Kier alpha value is -2.08. The van der Waals surface area contributed by atoms with Crippen LogP contribution in [0.5, 0.6) is 5.75 Å². The van der Waals surface area contributed by atoms with Crippen LogP contribution in [0.1, 0.15) is 39.7 Å². The summed E-state index contributed by atoms with van der Waals surface area (Å²) >= 11 is 0. The molecule has 0 saturated carbocycles. The van der Waals surface area contributed by atoms with E-state index < -0.39 is 17.6 Å². The van der Waals surface area contributed by atoms with Crippen LogP contribution in [-0.4, -0.2) is 35.7 Å². The van der Waals surface area contributed by atoms with Crippen molar-refractivity contribution in [3.8, 4) is 5.75 Å². The fourth-order valence-corrected chi connectivity index (χ4v) is 2.15. The van der Waals surface area contributed by atoms with Gasteiger partial charge in [-0.25, -0.2) is 0 Å². The zero-order valence-corrected chi connectivity index (χ0v) is 15.0. The molecule has 0 saturated heterocycles. The maximum Gasteiger partial charge on any atom is 0.305 e. The lowest BCUT2D eigenvalue weighted by Crippen LogP contribution is -2.54. The van der Waals surface area contributed by atoms with Crippen molar-refractivity contribution in [3.63, 3.8) is 0 Å². The van der Waals surface area contributed by atoms with Crippen molar-refractivity contribution in [2.24, 2.45) is 5.92 Å². The topological polar surface area (TPSA) is 84.9 Å². The van der Waals surface area contributed by atoms with Crippen LogP contribution in [0.25, 0.3) is 0 Å². The molecular formula is C18H27NO5. The maximum atomic E-state index is 12.3. The first-order valence-electron chi connectivity index (χ1n) is 7.96. The molecule has 2 atom stereocenters. The normalized spacial score (nSPS) is 14.8. The molecule has 6 heteroatoms. The number of carbonyl (C=O) groups excluding carboxylic acids is 1. The van der Waals surface area contributed by atoms with Crippen LogP contribution in [0.3, 0.4) is 0 Å². The average Bonchev–Trinajstić information content (AvgIpc) is 2.51. The summed E-state index contributed by atoms with van der Waals surface area (Å²) < 4.78 is 10.8. The summed E-state index contributed by atoms with van der Waals surface area (Å²) in [6.07, 6.45) is -0.831. The Labute approximate surface area is 143 Å². The summed E-state index contributed by atoms with van der Waals surface area (Å²) in [4.78, 5) is 23.4. The first-order valence-corrected chi connectivity index (χ1v) is 7.96. The first kappa shape index (κ1) is 20.0. The molecule has 0 aliphatic rings. The number of carboxylic acids is 1. The Balaban J connectivity index is 2.64. The number of carboxylic acid groups (broad SMARTS) is 1. The predicted molar refractivity (Wildman–Crippen MR) is 90.9 cm³/mol. The van der Waals surface area contributed by atoms with E-state index in [2.05, 4.69) is 5.32 Å². The van der Waals surface area contributed by atoms with Gasteiger partial charge in [0.05, 0.1) is 25.7 Å². The molecule has 1 amide bonds. The monoisotopic (exact) mass is 337 g/mol. The number of hydrogen-bond acceptors (Lipinski definition) is 4. The number of ether oxygens (including phenoxy) is 2. The van der Waals surface area contributed by atoms with E-state index in [9.17, 15) is 9.59 Å². The average molecular weight is 337 g/mol. The highest BCUT2D eigenvalue weighted by molar-refractivity contribution is 5.82. The van der Waals surface area contributed by atoms with Gasteiger partial charge in [0.2, 0.25) is 5.91 Å². The lowest BCUT2D eigenvalue weighted by molar-refractivity contribution is -0.141. The molecule has 1 aromatic rings. The molecule has 1 aromatic carbocycles. The molecule has 0 spiro atoms. The highest BCUT2D eigenvalue weighted by atomic mass is 16.5. The number of hydrogen-bond donors (Lipinski definition) is 2. The molecule has 0 aromatic heterocycles. The van der Waals surface area contributed by atoms with Gasteiger partial charge >= 0.3 is 5.97 Å². The van der Waals surface area contributed by atoms with E-state index in [-0.39, 0.29) is 24.9 Å². The second-order valence-corrected chi connectivity index (χ2v) is 6.44. The molecule has 134 valence electrons. The third-order valence-electron chi connectivity index (χ3n) is 4.20. The minimum atomic E-state index is -0.948. The fourth-order valence-electron chi connectivity index (χ4n) is 2.15. The van der Waals surface area contributed by atoms with E-state index in [1.165, 1.54) is 0 Å². The minimum absolute atomic E-state index is 0.0249. The van der Waals surface area contributed by atoms with Crippen LogP contribution >= 0.6 is 0 Å². The maximum absolute atomic E-state index is 12.3. The molecule has 6 nitrogen and oxygen atoms in total. The van der Waals surface area contributed by atoms with Gasteiger partial charge in [0.25, 0.3) is 0 Å². The van der Waals surface area contributed by atoms with Gasteiger partial charge in [-0.1, -0.05) is 26.0 Å². The Kier molecular flexibility index (Phi) is 7.22. The zero-order chi connectivity index (χ0) is 18.3. The molecule has 0 heterocycles. The lowest BCUT2D eigenvalue weighted by Gasteiger charge is -2.34. The van der Waals surface area contributed by atoms with Crippen molar-refractivity contribution in [3.05, 3.63) is 29.8 Å². The smallest absolute Gasteiger partial charge is 0.305 e. The van der Waals surface area contributed by atoms with E-state index in [4.69, 9.17) is 14.6 Å². The van der Waals surface area contributed by atoms with Crippen LogP contribution in [0, 0.1) is 5.92 Å². The zero-order valence-electron chi connectivity index (χ0n) is 15.0. The van der Waals surface area contributed by atoms with Crippen molar-refractivity contribution in [1.82, 2.24) is 5.32 Å². The SMILES string of the molecule is COc1cccc(COC(C)C(=O)NC(C)(CC(=O)O)C(C)C)c1. The Bertz CT molecular complexity index is 572. The van der Waals surface area contributed by atoms with Gasteiger partial charge in [0, 0.05) is 0 Å². The Morgan fingerprint density at radius 2 is 1.96 bits per heavy atom. The van der Waals surface area contributed by atoms with Gasteiger partial charge in [0.1, 0.15) is 11.9 Å². The second-order valence-electron chi connectivity index (χ2n) is 6.44. The molecule has 1 rings (SSSR count). The summed E-state index contributed by atoms with van der Waals surface area (Å²) in [5.74, 6) is -0.572. The predicted octanol–water partition coefficient (Wildman–Crippen LogP) is 2.61. The molecule has 0 bridgehead atoms. The molecule has 0 aliphatic carbocycles. The van der Waals surface area contributed by atoms with Gasteiger partial charge in [-0.15, -0.1) is 0 Å². The number of amides is 1. The van der Waals surface area contributed by atoms with Gasteiger partial charge < -0.3 is 19.9 Å². The number of carbonyl (C=O) groups is 2. The lowest BCUT2D eigenvalue weighted by atomic mass is 9.85. The van der Waals surface area contributed by atoms with Crippen molar-refractivity contribution in [2.75, 3.05) is 7.11 Å². The minimum Gasteiger partial charge on any atom is -0.497 e. The highest BCUT2D eigenvalue weighted by Crippen LogP contribution is 2.21. The van der Waals surface area contributed by atoms with Crippen LogP contribution in [0.2, 0.25) is 0 Å². The molecule has 24 heavy (non-hydrogen) atoms. The number of methoxy groups -OCH3 is 1. The van der Waals surface area contributed by atoms with E-state index in [1.807, 2.05) is 38.1 Å². The molecule has 2 N–H and O–H groups in total. The van der Waals surface area contributed by atoms with E-state index in [1.54, 1.807) is 21.0 Å². The van der Waals surface area contributed by atoms with E-state index in [0.717, 1.165) is 11.3 Å². The van der Waals surface area contributed by atoms with Gasteiger partial charge in [-0.05, 0) is 37.5 Å². The van der Waals surface area contributed by atoms with E-state index >= 15 is 0 Å². The quantitative estimate of drug-likeness (QED) is 0.723. The Morgan fingerprint density at radius 1 is 1.29 bits per heavy atom. The largest absolute Gasteiger partial charge is 0.497 e. The van der Waals surface area contributed by atoms with Crippen LogP contribution in [0.15, 0.2) is 24.3 Å². The summed E-state index contributed by atoms with van der Waals surface area (Å²) in [5.41, 5.74) is 0.0717. The fraction of sp³-hybridized carbons (Fsp3) is 0.556. The van der Waals surface area contributed by atoms with Crippen molar-refractivity contribution < 1.29 is 24.2 Å². The van der Waals surface area contributed by atoms with Gasteiger partial charge in [-0.2, -0.15) is 0 Å². The molecule has 0 aliphatic heterocycles. The number of benzene rings is 1. The van der Waals surface area contributed by atoms with Crippen LogP contribution in [0.4, 0.5) is 0 Å². The summed E-state index contributed by atoms with van der Waals surface area (Å²) in [5, 5.41) is 11.9. The number of rotatable bonds is 9. The van der Waals surface area contributed by atoms with Gasteiger partial charge in [-0.3, -0.25) is 9.59 Å². The highest BCUT2D eigenvalue weighted by Gasteiger charge is 2.34. The number of nitrogens with one attached hydrogen (secondary N) is 1. The standard InChI is InChI=1S/C18H27NO5/c1-12(2)18(4,10-16(20)21)19-17(22)13(3)24-11-14-7-6-8-15(9-14)23-5/h6-9,12-13H,10-11H2,1-5H3,(H,19,22)(H,20,21). The Morgan fingerprint density at radius 3 is 2.50 bits per heavy atom.